The molecule has 6 nitrogen and oxygen atoms in total. The van der Waals surface area contributed by atoms with Crippen molar-refractivity contribution in [3.63, 3.8) is 0 Å². The van der Waals surface area contributed by atoms with Gasteiger partial charge in [0.2, 0.25) is 0 Å². The third-order valence-corrected chi connectivity index (χ3v) is 4.11. The van der Waals surface area contributed by atoms with Gasteiger partial charge in [0.05, 0.1) is 17.4 Å². The molecule has 0 amide bonds. The maximum absolute atomic E-state index is 10.6. The molecule has 0 aromatic carbocycles. The van der Waals surface area contributed by atoms with E-state index in [9.17, 15) is 13.0 Å². The lowest BCUT2D eigenvalue weighted by Gasteiger charge is -2.07. The average Bonchev–Trinajstić information content (AvgIpc) is 1.96. The minimum absolute atomic E-state index is 0.296. The highest BCUT2D eigenvalue weighted by Gasteiger charge is 2.30. The van der Waals surface area contributed by atoms with Crippen LogP contribution in [0.5, 0.6) is 0 Å². The van der Waals surface area contributed by atoms with Crippen molar-refractivity contribution in [3.8, 4) is 0 Å². The van der Waals surface area contributed by atoms with Crippen molar-refractivity contribution in [1.29, 1.82) is 0 Å². The van der Waals surface area contributed by atoms with Crippen LogP contribution in [0.4, 0.5) is 0 Å². The highest BCUT2D eigenvalue weighted by Crippen LogP contribution is 2.36. The van der Waals surface area contributed by atoms with Gasteiger partial charge in [-0.3, -0.25) is 4.57 Å². The molecule has 0 bridgehead atoms. The first-order valence-electron chi connectivity index (χ1n) is 2.92. The Labute approximate surface area is 80.9 Å². The van der Waals surface area contributed by atoms with Gasteiger partial charge in [-0.15, -0.1) is 0 Å². The van der Waals surface area contributed by atoms with Crippen LogP contribution in [0, 0.1) is 0 Å². The zero-order valence-electron chi connectivity index (χ0n) is 6.41. The summed E-state index contributed by atoms with van der Waals surface area (Å²) in [6.45, 7) is 1.14. The molecule has 13 heavy (non-hydrogen) atoms. The fourth-order valence-electron chi connectivity index (χ4n) is 0.517. The van der Waals surface area contributed by atoms with Crippen molar-refractivity contribution in [2.45, 2.75) is 13.0 Å². The Kier molecular flexibility index (Phi) is 4.90. The molecule has 0 spiro atoms. The van der Waals surface area contributed by atoms with E-state index in [-0.39, 0.29) is 11.3 Å². The molecule has 3 N–H and O–H groups in total. The van der Waals surface area contributed by atoms with Crippen LogP contribution in [0.15, 0.2) is 0 Å². The predicted molar refractivity (Wildman–Crippen MR) is 50.0 cm³/mol. The molecule has 0 radical (unpaired) electrons. The molecule has 1 unspecified atom stereocenters. The van der Waals surface area contributed by atoms with Gasteiger partial charge in [0, 0.05) is 0 Å². The molecule has 0 aromatic heterocycles. The highest BCUT2D eigenvalue weighted by molar-refractivity contribution is 7.96. The Balaban J connectivity index is 5.40. The lowest BCUT2D eigenvalue weighted by Crippen LogP contribution is -2.26. The van der Waals surface area contributed by atoms with Crippen molar-refractivity contribution in [3.05, 3.63) is 0 Å². The predicted octanol–water partition coefficient (Wildman–Crippen LogP) is -1.73. The number of aliphatic hydroxyl groups is 1. The fraction of sp³-hybridized carbons (Fsp3) is 0.500. The van der Waals surface area contributed by atoms with Gasteiger partial charge < -0.3 is 14.9 Å². The van der Waals surface area contributed by atoms with Crippen molar-refractivity contribution in [2.75, 3.05) is 0 Å². The standard InChI is InChI=1S/C4H7O6PS2/c1-2(5)3(12-9)4(13-10)11(6,7)8/h2,5H,1H3,(H2,6,7,8). The van der Waals surface area contributed by atoms with Crippen molar-refractivity contribution >= 4 is 39.6 Å². The van der Waals surface area contributed by atoms with Gasteiger partial charge in [-0.2, -0.15) is 0 Å². The molecular weight excluding hydrogens is 239 g/mol. The molecule has 0 rings (SSSR count). The van der Waals surface area contributed by atoms with Crippen LogP contribution in [0.2, 0.25) is 0 Å². The lowest BCUT2D eigenvalue weighted by molar-refractivity contribution is 0.266. The second kappa shape index (κ2) is 4.94. The monoisotopic (exact) mass is 246 g/mol. The Morgan fingerprint density at radius 3 is 1.85 bits per heavy atom. The van der Waals surface area contributed by atoms with Gasteiger partial charge in [0.15, 0.2) is 4.61 Å². The largest absolute Gasteiger partial charge is 0.388 e. The number of rotatable bonds is 3. The summed E-state index contributed by atoms with van der Waals surface area (Å²) in [7, 11) is -4.75. The summed E-state index contributed by atoms with van der Waals surface area (Å²) in [6.07, 6.45) is -1.36. The topological polar surface area (TPSA) is 112 Å². The molecule has 0 heterocycles. The quantitative estimate of drug-likeness (QED) is 0.403. The van der Waals surface area contributed by atoms with Crippen LogP contribution in [-0.4, -0.2) is 38.9 Å². The van der Waals surface area contributed by atoms with Crippen LogP contribution in [-0.2, 0) is 27.1 Å². The average molecular weight is 246 g/mol. The van der Waals surface area contributed by atoms with E-state index in [1.165, 1.54) is 0 Å². The van der Waals surface area contributed by atoms with E-state index in [2.05, 4.69) is 0 Å². The fourth-order valence-corrected chi connectivity index (χ4v) is 2.52. The molecule has 0 aromatic rings. The van der Waals surface area contributed by atoms with E-state index in [4.69, 9.17) is 14.9 Å². The van der Waals surface area contributed by atoms with Crippen LogP contribution in [0.1, 0.15) is 6.92 Å². The van der Waals surface area contributed by atoms with Crippen LogP contribution in [0.3, 0.4) is 0 Å². The van der Waals surface area contributed by atoms with Crippen LogP contribution in [0.25, 0.3) is 0 Å². The van der Waals surface area contributed by atoms with E-state index >= 15 is 0 Å². The summed E-state index contributed by atoms with van der Waals surface area (Å²) in [6, 6.07) is 0. The minimum Gasteiger partial charge on any atom is -0.388 e. The molecule has 0 aliphatic carbocycles. The van der Waals surface area contributed by atoms with Gasteiger partial charge >= 0.3 is 7.60 Å². The SMILES string of the molecule is CC(O)C(=S=O)C(=S=O)P(=O)(O)O. The van der Waals surface area contributed by atoms with E-state index in [0.29, 0.717) is 0 Å². The zero-order valence-corrected chi connectivity index (χ0v) is 8.93. The van der Waals surface area contributed by atoms with Gasteiger partial charge in [0.25, 0.3) is 0 Å². The van der Waals surface area contributed by atoms with Gasteiger partial charge in [-0.25, -0.2) is 8.42 Å². The Hall–Kier alpha value is -0.110. The van der Waals surface area contributed by atoms with Gasteiger partial charge in [0.1, 0.15) is 16.1 Å². The second-order valence-corrected chi connectivity index (χ2v) is 5.08. The maximum Gasteiger partial charge on any atom is 0.370 e. The number of hydrogen-bond acceptors (Lipinski definition) is 4. The first kappa shape index (κ1) is 12.9. The van der Waals surface area contributed by atoms with Crippen LogP contribution < -0.4 is 0 Å². The minimum atomic E-state index is -4.75. The van der Waals surface area contributed by atoms with E-state index in [1.807, 2.05) is 0 Å². The lowest BCUT2D eigenvalue weighted by atomic mass is 10.3. The Bertz CT molecular complexity index is 344. The molecule has 0 saturated carbocycles. The zero-order chi connectivity index (χ0) is 10.6. The molecular formula is C4H7O6PS2. The normalized spacial score (nSPS) is 13.2. The summed E-state index contributed by atoms with van der Waals surface area (Å²) in [5.41, 5.74) is 0. The van der Waals surface area contributed by atoms with Crippen molar-refractivity contribution < 1.29 is 27.9 Å². The Morgan fingerprint density at radius 2 is 1.77 bits per heavy atom. The van der Waals surface area contributed by atoms with Crippen LogP contribution >= 0.6 is 7.60 Å². The van der Waals surface area contributed by atoms with Gasteiger partial charge in [-0.1, -0.05) is 0 Å². The molecule has 0 saturated heterocycles. The first-order chi connectivity index (χ1) is 5.84. The Morgan fingerprint density at radius 1 is 1.31 bits per heavy atom. The molecule has 9 heteroatoms. The molecule has 0 fully saturated rings. The third kappa shape index (κ3) is 3.63. The molecule has 0 aliphatic heterocycles. The molecule has 1 atom stereocenters. The highest BCUT2D eigenvalue weighted by atomic mass is 32.1. The summed E-state index contributed by atoms with van der Waals surface area (Å²) in [4.78, 5) is 16.7. The molecule has 0 aliphatic rings. The maximum atomic E-state index is 10.6. The summed E-state index contributed by atoms with van der Waals surface area (Å²) >= 11 is -0.772. The van der Waals surface area contributed by atoms with E-state index in [0.717, 1.165) is 6.92 Å². The summed E-state index contributed by atoms with van der Waals surface area (Å²) in [5, 5.41) is 8.90. The smallest absolute Gasteiger partial charge is 0.370 e. The van der Waals surface area contributed by atoms with Crippen molar-refractivity contribution in [1.82, 2.24) is 0 Å². The van der Waals surface area contributed by atoms with E-state index in [1.54, 1.807) is 0 Å². The first-order valence-corrected chi connectivity index (χ1v) is 6.02. The second-order valence-electron chi connectivity index (χ2n) is 2.06. The summed E-state index contributed by atoms with van der Waals surface area (Å²) in [5.74, 6) is 0. The van der Waals surface area contributed by atoms with Gasteiger partial charge in [-0.05, 0) is 6.92 Å². The summed E-state index contributed by atoms with van der Waals surface area (Å²) < 4.78 is 30.3. The van der Waals surface area contributed by atoms with E-state index < -0.39 is 34.4 Å². The van der Waals surface area contributed by atoms with Crippen molar-refractivity contribution in [2.24, 2.45) is 0 Å². The molecule has 76 valence electrons. The number of hydrogen-bond donors (Lipinski definition) is 3. The number of aliphatic hydroxyl groups excluding tert-OH is 1. The third-order valence-electron chi connectivity index (χ3n) is 1.02.